The summed E-state index contributed by atoms with van der Waals surface area (Å²) in [5.41, 5.74) is 0. The molecule has 0 aliphatic rings. The molecule has 100 valence electrons. The van der Waals surface area contributed by atoms with Gasteiger partial charge in [0.1, 0.15) is 6.04 Å². The fraction of sp³-hybridized carbons (Fsp3) is 0.714. The zero-order valence-electron chi connectivity index (χ0n) is 9.30. The molecule has 0 radical (unpaired) electrons. The number of hydrogen-bond donors (Lipinski definition) is 3. The van der Waals surface area contributed by atoms with Gasteiger partial charge in [0.15, 0.2) is 0 Å². The molecule has 0 rings (SSSR count). The third-order valence-electron chi connectivity index (χ3n) is 1.61. The Bertz CT molecular complexity index is 369. The number of hydrogen-bond acceptors (Lipinski definition) is 6. The predicted octanol–water partition coefficient (Wildman–Crippen LogP) is -0.617. The number of carbonyl (C=O) groups is 2. The second-order valence-corrected chi connectivity index (χ2v) is 5.32. The Kier molecular flexibility index (Phi) is 6.92. The molecule has 3 N–H and O–H groups in total. The molecule has 0 aliphatic carbocycles. The number of amides is 1. The van der Waals surface area contributed by atoms with Crippen molar-refractivity contribution in [3.8, 4) is 0 Å². The lowest BCUT2D eigenvalue weighted by molar-refractivity contribution is -0.139. The summed E-state index contributed by atoms with van der Waals surface area (Å²) in [6.45, 7) is 0. The molecule has 0 saturated carbocycles. The zero-order valence-corrected chi connectivity index (χ0v) is 10.9. The highest BCUT2D eigenvalue weighted by Crippen LogP contribution is 2.02. The minimum absolute atomic E-state index is 0.110. The van der Waals surface area contributed by atoms with Gasteiger partial charge in [-0.05, 0) is 18.4 Å². The first-order valence-corrected chi connectivity index (χ1v) is 7.30. The highest BCUT2D eigenvalue weighted by atomic mass is 32.2. The van der Waals surface area contributed by atoms with E-state index in [1.165, 1.54) is 16.5 Å². The van der Waals surface area contributed by atoms with Gasteiger partial charge in [0, 0.05) is 0 Å². The average Bonchev–Trinajstić information content (AvgIpc) is 2.22. The standard InChI is InChI=1S/C7H14N2O6S2/c1-15-7(12)9-17(13,14)8-5(6(10)11)3-4-16-2/h5,8H,3-4H2,1-2H3,(H,9,12)(H,10,11). The number of aliphatic carboxylic acids is 1. The first kappa shape index (κ1) is 16.0. The van der Waals surface area contributed by atoms with Crippen LogP contribution in [0.15, 0.2) is 0 Å². The van der Waals surface area contributed by atoms with Gasteiger partial charge in [-0.25, -0.2) is 9.52 Å². The van der Waals surface area contributed by atoms with Gasteiger partial charge in [-0.3, -0.25) is 4.79 Å². The zero-order chi connectivity index (χ0) is 13.5. The van der Waals surface area contributed by atoms with Crippen molar-refractivity contribution in [3.63, 3.8) is 0 Å². The van der Waals surface area contributed by atoms with Crippen LogP contribution >= 0.6 is 11.8 Å². The molecule has 1 amide bonds. The molecule has 1 unspecified atom stereocenters. The fourth-order valence-corrected chi connectivity index (χ4v) is 2.26. The Hall–Kier alpha value is -1.00. The van der Waals surface area contributed by atoms with E-state index in [2.05, 4.69) is 4.74 Å². The van der Waals surface area contributed by atoms with Crippen LogP contribution in [-0.2, 0) is 19.7 Å². The van der Waals surface area contributed by atoms with Gasteiger partial charge in [0.05, 0.1) is 7.11 Å². The lowest BCUT2D eigenvalue weighted by atomic mass is 10.2. The van der Waals surface area contributed by atoms with E-state index < -0.39 is 28.3 Å². The van der Waals surface area contributed by atoms with Crippen LogP contribution in [-0.4, -0.2) is 50.7 Å². The van der Waals surface area contributed by atoms with Crippen molar-refractivity contribution in [2.45, 2.75) is 12.5 Å². The van der Waals surface area contributed by atoms with E-state index in [9.17, 15) is 18.0 Å². The number of thioether (sulfide) groups is 1. The molecule has 0 aromatic heterocycles. The van der Waals surface area contributed by atoms with Crippen LogP contribution in [0, 0.1) is 0 Å². The number of ether oxygens (including phenoxy) is 1. The normalized spacial score (nSPS) is 12.8. The van der Waals surface area contributed by atoms with E-state index in [4.69, 9.17) is 5.11 Å². The number of carboxylic acid groups (broad SMARTS) is 1. The number of methoxy groups -OCH3 is 1. The highest BCUT2D eigenvalue weighted by Gasteiger charge is 2.24. The largest absolute Gasteiger partial charge is 0.480 e. The van der Waals surface area contributed by atoms with Crippen LogP contribution in [0.25, 0.3) is 0 Å². The van der Waals surface area contributed by atoms with E-state index in [0.717, 1.165) is 7.11 Å². The van der Waals surface area contributed by atoms with Gasteiger partial charge >= 0.3 is 22.3 Å². The average molecular weight is 286 g/mol. The second kappa shape index (κ2) is 7.35. The van der Waals surface area contributed by atoms with E-state index in [1.807, 2.05) is 4.72 Å². The van der Waals surface area contributed by atoms with E-state index in [0.29, 0.717) is 5.75 Å². The first-order chi connectivity index (χ1) is 7.82. The Morgan fingerprint density at radius 3 is 2.47 bits per heavy atom. The van der Waals surface area contributed by atoms with Crippen molar-refractivity contribution in [1.29, 1.82) is 0 Å². The molecule has 17 heavy (non-hydrogen) atoms. The summed E-state index contributed by atoms with van der Waals surface area (Å²) in [4.78, 5) is 21.4. The summed E-state index contributed by atoms with van der Waals surface area (Å²) >= 11 is 1.38. The second-order valence-electron chi connectivity index (χ2n) is 2.89. The number of rotatable bonds is 7. The Labute approximate surface area is 103 Å². The molecule has 1 atom stereocenters. The van der Waals surface area contributed by atoms with Gasteiger partial charge < -0.3 is 9.84 Å². The molecule has 0 heterocycles. The molecule has 0 aromatic rings. The SMILES string of the molecule is COC(=O)NS(=O)(=O)NC(CCSC)C(=O)O. The van der Waals surface area contributed by atoms with E-state index in [1.54, 1.807) is 6.26 Å². The van der Waals surface area contributed by atoms with Gasteiger partial charge in [-0.2, -0.15) is 24.9 Å². The van der Waals surface area contributed by atoms with Gasteiger partial charge in [0.25, 0.3) is 0 Å². The minimum Gasteiger partial charge on any atom is -0.480 e. The maximum Gasteiger partial charge on any atom is 0.421 e. The van der Waals surface area contributed by atoms with Crippen molar-refractivity contribution in [3.05, 3.63) is 0 Å². The molecule has 10 heteroatoms. The maximum absolute atomic E-state index is 11.3. The van der Waals surface area contributed by atoms with Gasteiger partial charge in [0.2, 0.25) is 0 Å². The van der Waals surface area contributed by atoms with E-state index >= 15 is 0 Å². The third kappa shape index (κ3) is 7.02. The molecule has 0 saturated heterocycles. The Morgan fingerprint density at radius 1 is 1.47 bits per heavy atom. The topological polar surface area (TPSA) is 122 Å². The highest BCUT2D eigenvalue weighted by molar-refractivity contribution is 7.98. The lowest BCUT2D eigenvalue weighted by Gasteiger charge is -2.14. The quantitative estimate of drug-likeness (QED) is 0.570. The van der Waals surface area contributed by atoms with Gasteiger partial charge in [-0.15, -0.1) is 0 Å². The van der Waals surface area contributed by atoms with Crippen molar-refractivity contribution in [1.82, 2.24) is 9.44 Å². The van der Waals surface area contributed by atoms with Crippen molar-refractivity contribution in [2.24, 2.45) is 0 Å². The van der Waals surface area contributed by atoms with Crippen molar-refractivity contribution >= 4 is 34.0 Å². The van der Waals surface area contributed by atoms with E-state index in [-0.39, 0.29) is 6.42 Å². The van der Waals surface area contributed by atoms with Crippen LogP contribution in [0.3, 0.4) is 0 Å². The van der Waals surface area contributed by atoms with Crippen LogP contribution < -0.4 is 9.44 Å². The number of carboxylic acids is 1. The van der Waals surface area contributed by atoms with Crippen LogP contribution in [0.2, 0.25) is 0 Å². The summed E-state index contributed by atoms with van der Waals surface area (Å²) in [5, 5.41) is 8.77. The molecular weight excluding hydrogens is 272 g/mol. The molecule has 0 aliphatic heterocycles. The maximum atomic E-state index is 11.3. The van der Waals surface area contributed by atoms with Crippen LogP contribution in [0.1, 0.15) is 6.42 Å². The molecule has 8 nitrogen and oxygen atoms in total. The van der Waals surface area contributed by atoms with Gasteiger partial charge in [-0.1, -0.05) is 0 Å². The molecule has 0 bridgehead atoms. The summed E-state index contributed by atoms with van der Waals surface area (Å²) in [7, 11) is -3.24. The summed E-state index contributed by atoms with van der Waals surface area (Å²) in [6.07, 6.45) is 0.685. The molecule has 0 spiro atoms. The number of carbonyl (C=O) groups excluding carboxylic acids is 1. The summed E-state index contributed by atoms with van der Waals surface area (Å²) in [6, 6.07) is -1.29. The predicted molar refractivity (Wildman–Crippen MR) is 62.0 cm³/mol. The van der Waals surface area contributed by atoms with Crippen LogP contribution in [0.5, 0.6) is 0 Å². The van der Waals surface area contributed by atoms with Crippen LogP contribution in [0.4, 0.5) is 4.79 Å². The molecule has 0 aromatic carbocycles. The Morgan fingerprint density at radius 2 is 2.06 bits per heavy atom. The fourth-order valence-electron chi connectivity index (χ4n) is 0.837. The molecule has 0 fully saturated rings. The lowest BCUT2D eigenvalue weighted by Crippen LogP contribution is -2.48. The van der Waals surface area contributed by atoms with Crippen molar-refractivity contribution < 1.29 is 27.9 Å². The summed E-state index contributed by atoms with van der Waals surface area (Å²) in [5.74, 6) is -0.841. The third-order valence-corrected chi connectivity index (χ3v) is 3.28. The first-order valence-electron chi connectivity index (χ1n) is 4.42. The Balaban J connectivity index is 4.52. The number of nitrogens with one attached hydrogen (secondary N) is 2. The van der Waals surface area contributed by atoms with Crippen molar-refractivity contribution in [2.75, 3.05) is 19.1 Å². The smallest absolute Gasteiger partial charge is 0.421 e. The summed E-state index contributed by atoms with van der Waals surface area (Å²) < 4.78 is 30.0. The monoisotopic (exact) mass is 286 g/mol. The minimum atomic E-state index is -4.23. The molecular formula is C7H14N2O6S2.